The summed E-state index contributed by atoms with van der Waals surface area (Å²) in [6, 6.07) is 5.52. The van der Waals surface area contributed by atoms with E-state index in [2.05, 4.69) is 20.5 Å². The molecule has 144 valence electrons. The molecule has 0 unspecified atom stereocenters. The number of hydrogen-bond acceptors (Lipinski definition) is 7. The molecule has 2 N–H and O–H groups in total. The average molecular weight is 416 g/mol. The molecule has 4 rings (SSSR count). The number of aromatic nitrogens is 3. The van der Waals surface area contributed by atoms with Crippen molar-refractivity contribution in [2.45, 2.75) is 33.0 Å². The minimum absolute atomic E-state index is 0.0323. The molecule has 2 aromatic heterocycles. The van der Waals surface area contributed by atoms with E-state index in [4.69, 9.17) is 11.6 Å². The quantitative estimate of drug-likeness (QED) is 0.661. The lowest BCUT2D eigenvalue weighted by molar-refractivity contribution is 0.278. The minimum Gasteiger partial charge on any atom is -0.391 e. The zero-order valence-electron chi connectivity index (χ0n) is 15.3. The molecule has 0 amide bonds. The molecular formula is C19H18ClN5O2S. The van der Waals surface area contributed by atoms with Gasteiger partial charge in [0.25, 0.3) is 5.56 Å². The molecule has 0 aliphatic carbocycles. The van der Waals surface area contributed by atoms with Crippen LogP contribution in [0, 0.1) is 0 Å². The Morgan fingerprint density at radius 2 is 2.18 bits per heavy atom. The van der Waals surface area contributed by atoms with Crippen molar-refractivity contribution >= 4 is 40.0 Å². The van der Waals surface area contributed by atoms with Gasteiger partial charge >= 0.3 is 0 Å². The van der Waals surface area contributed by atoms with Gasteiger partial charge in [0.1, 0.15) is 0 Å². The lowest BCUT2D eigenvalue weighted by atomic mass is 10.1. The molecule has 1 aromatic carbocycles. The number of nitrogens with zero attached hydrogens (tertiary/aromatic N) is 4. The number of aliphatic hydroxyl groups is 1. The molecule has 0 saturated carbocycles. The van der Waals surface area contributed by atoms with Crippen LogP contribution in [-0.4, -0.2) is 26.1 Å². The molecule has 9 heteroatoms. The fraction of sp³-hybridized carbons (Fsp3) is 0.263. The third-order valence-corrected chi connectivity index (χ3v) is 5.80. The van der Waals surface area contributed by atoms with Crippen molar-refractivity contribution in [1.29, 1.82) is 0 Å². The van der Waals surface area contributed by atoms with Gasteiger partial charge in [0.15, 0.2) is 5.01 Å². The van der Waals surface area contributed by atoms with Crippen LogP contribution in [0.5, 0.6) is 0 Å². The van der Waals surface area contributed by atoms with Crippen LogP contribution in [0.3, 0.4) is 0 Å². The first kappa shape index (κ1) is 18.8. The lowest BCUT2D eigenvalue weighted by Gasteiger charge is -2.12. The van der Waals surface area contributed by atoms with Gasteiger partial charge in [0, 0.05) is 35.1 Å². The number of aliphatic imine (C=N–C) groups is 1. The Morgan fingerprint density at radius 3 is 2.93 bits per heavy atom. The van der Waals surface area contributed by atoms with Crippen molar-refractivity contribution in [3.8, 4) is 10.6 Å². The van der Waals surface area contributed by atoms with Gasteiger partial charge in [-0.25, -0.2) is 0 Å². The van der Waals surface area contributed by atoms with E-state index in [-0.39, 0.29) is 18.2 Å². The number of anilines is 2. The van der Waals surface area contributed by atoms with Gasteiger partial charge in [0.05, 0.1) is 23.9 Å². The van der Waals surface area contributed by atoms with E-state index in [1.54, 1.807) is 23.0 Å². The average Bonchev–Trinajstić information content (AvgIpc) is 3.34. The van der Waals surface area contributed by atoms with Gasteiger partial charge in [-0.3, -0.25) is 9.79 Å². The molecule has 0 fully saturated rings. The maximum atomic E-state index is 12.3. The van der Waals surface area contributed by atoms with Crippen LogP contribution in [0.2, 0.25) is 5.02 Å². The monoisotopic (exact) mass is 415 g/mol. The Kier molecular flexibility index (Phi) is 5.01. The summed E-state index contributed by atoms with van der Waals surface area (Å²) in [4.78, 5) is 16.6. The van der Waals surface area contributed by atoms with Crippen LogP contribution < -0.4 is 10.9 Å². The van der Waals surface area contributed by atoms with E-state index in [9.17, 15) is 9.90 Å². The Bertz CT molecular complexity index is 1140. The van der Waals surface area contributed by atoms with Crippen LogP contribution in [0.1, 0.15) is 36.6 Å². The number of benzene rings is 1. The van der Waals surface area contributed by atoms with E-state index in [0.29, 0.717) is 27.3 Å². The highest BCUT2D eigenvalue weighted by Crippen LogP contribution is 2.34. The Labute approximate surface area is 170 Å². The summed E-state index contributed by atoms with van der Waals surface area (Å²) in [5.74, 6) is 0. The Balaban J connectivity index is 1.66. The predicted octanol–water partition coefficient (Wildman–Crippen LogP) is 3.77. The highest BCUT2D eigenvalue weighted by Gasteiger charge is 2.16. The molecule has 28 heavy (non-hydrogen) atoms. The fourth-order valence-corrected chi connectivity index (χ4v) is 4.04. The van der Waals surface area contributed by atoms with Crippen molar-refractivity contribution in [2.75, 3.05) is 5.32 Å². The number of pyridine rings is 1. The molecule has 1 aliphatic rings. The van der Waals surface area contributed by atoms with Crippen LogP contribution in [0.15, 0.2) is 34.2 Å². The maximum Gasteiger partial charge on any atom is 0.256 e. The first-order chi connectivity index (χ1) is 13.5. The summed E-state index contributed by atoms with van der Waals surface area (Å²) < 4.78 is 1.59. The summed E-state index contributed by atoms with van der Waals surface area (Å²) in [5.41, 5.74) is 3.62. The maximum absolute atomic E-state index is 12.3. The van der Waals surface area contributed by atoms with Crippen molar-refractivity contribution in [3.05, 3.63) is 56.5 Å². The second-order valence-electron chi connectivity index (χ2n) is 6.73. The predicted molar refractivity (Wildman–Crippen MR) is 112 cm³/mol. The molecular weight excluding hydrogens is 398 g/mol. The van der Waals surface area contributed by atoms with Crippen molar-refractivity contribution < 1.29 is 5.11 Å². The number of halogens is 1. The minimum atomic E-state index is -0.324. The summed E-state index contributed by atoms with van der Waals surface area (Å²) >= 11 is 7.82. The van der Waals surface area contributed by atoms with Gasteiger partial charge in [-0.15, -0.1) is 10.2 Å². The molecule has 3 heterocycles. The Hall–Kier alpha value is -2.55. The zero-order valence-corrected chi connectivity index (χ0v) is 16.9. The Morgan fingerprint density at radius 1 is 1.36 bits per heavy atom. The van der Waals surface area contributed by atoms with E-state index in [0.717, 1.165) is 22.4 Å². The van der Waals surface area contributed by atoms with Gasteiger partial charge in [-0.2, -0.15) is 0 Å². The molecule has 0 bridgehead atoms. The fourth-order valence-electron chi connectivity index (χ4n) is 3.02. The molecule has 7 nitrogen and oxygen atoms in total. The highest BCUT2D eigenvalue weighted by atomic mass is 35.5. The topological polar surface area (TPSA) is 92.4 Å². The first-order valence-electron chi connectivity index (χ1n) is 8.76. The standard InChI is InChI=1S/C19H18ClN5O2S/c1-10(2)25-8-12(5-13(9-26)18(25)27)17-23-24-19(28-17)22-15-4-3-11-6-21-7-14(11)16(15)20/h3-5,7-8,10,26H,6,9H2,1-2H3,(H,22,24). The third-order valence-electron chi connectivity index (χ3n) is 4.51. The second-order valence-corrected chi connectivity index (χ2v) is 8.08. The normalized spacial score (nSPS) is 12.6. The number of nitrogens with one attached hydrogen (secondary N) is 1. The van der Waals surface area contributed by atoms with Gasteiger partial charge in [-0.1, -0.05) is 29.0 Å². The number of rotatable bonds is 5. The second kappa shape index (κ2) is 7.46. The summed E-state index contributed by atoms with van der Waals surface area (Å²) in [6.45, 7) is 4.16. The van der Waals surface area contributed by atoms with E-state index < -0.39 is 0 Å². The number of aliphatic hydroxyl groups excluding tert-OH is 1. The smallest absolute Gasteiger partial charge is 0.256 e. The SMILES string of the molecule is CC(C)n1cc(-c2nnc(Nc3ccc4c(c3Cl)C=NC4)s2)cc(CO)c1=O. The zero-order chi connectivity index (χ0) is 19.8. The number of hydrogen-bond donors (Lipinski definition) is 2. The van der Waals surface area contributed by atoms with Crippen molar-refractivity contribution in [3.63, 3.8) is 0 Å². The third kappa shape index (κ3) is 3.34. The first-order valence-corrected chi connectivity index (χ1v) is 9.95. The van der Waals surface area contributed by atoms with Gasteiger partial charge in [-0.05, 0) is 31.5 Å². The molecule has 0 saturated heterocycles. The summed E-state index contributed by atoms with van der Waals surface area (Å²) in [6.07, 6.45) is 3.52. The van der Waals surface area contributed by atoms with Gasteiger partial charge < -0.3 is 15.0 Å². The molecule has 0 atom stereocenters. The van der Waals surface area contributed by atoms with Gasteiger partial charge in [0.2, 0.25) is 5.13 Å². The molecule has 0 radical (unpaired) electrons. The van der Waals surface area contributed by atoms with Crippen LogP contribution in [-0.2, 0) is 13.2 Å². The summed E-state index contributed by atoms with van der Waals surface area (Å²) in [5, 5.41) is 23.0. The summed E-state index contributed by atoms with van der Waals surface area (Å²) in [7, 11) is 0. The number of fused-ring (bicyclic) bond motifs is 1. The largest absolute Gasteiger partial charge is 0.391 e. The van der Waals surface area contributed by atoms with E-state index >= 15 is 0 Å². The molecule has 3 aromatic rings. The van der Waals surface area contributed by atoms with E-state index in [1.165, 1.54) is 11.3 Å². The molecule has 0 spiro atoms. The van der Waals surface area contributed by atoms with Crippen molar-refractivity contribution in [1.82, 2.24) is 14.8 Å². The van der Waals surface area contributed by atoms with E-state index in [1.807, 2.05) is 26.0 Å². The lowest BCUT2D eigenvalue weighted by Crippen LogP contribution is -2.25. The van der Waals surface area contributed by atoms with Crippen LogP contribution in [0.25, 0.3) is 10.6 Å². The van der Waals surface area contributed by atoms with Crippen LogP contribution in [0.4, 0.5) is 10.8 Å². The van der Waals surface area contributed by atoms with Crippen LogP contribution >= 0.6 is 22.9 Å². The van der Waals surface area contributed by atoms with Crippen molar-refractivity contribution in [2.24, 2.45) is 4.99 Å². The molecule has 1 aliphatic heterocycles. The highest BCUT2D eigenvalue weighted by molar-refractivity contribution is 7.18.